The van der Waals surface area contributed by atoms with Crippen LogP contribution in [0.25, 0.3) is 0 Å². The molecule has 5 nitrogen and oxygen atoms in total. The summed E-state index contributed by atoms with van der Waals surface area (Å²) in [6.45, 7) is 0. The van der Waals surface area contributed by atoms with E-state index in [1.807, 2.05) is 12.1 Å². The van der Waals surface area contributed by atoms with Crippen molar-refractivity contribution in [1.82, 2.24) is 0 Å². The first-order valence-corrected chi connectivity index (χ1v) is 6.11. The highest BCUT2D eigenvalue weighted by Crippen LogP contribution is 2.40. The van der Waals surface area contributed by atoms with Crippen molar-refractivity contribution in [3.63, 3.8) is 0 Å². The third kappa shape index (κ3) is 2.95. The fourth-order valence-corrected chi connectivity index (χ4v) is 2.40. The zero-order valence-corrected chi connectivity index (χ0v) is 12.5. The van der Waals surface area contributed by atoms with Crippen LogP contribution >= 0.6 is 15.9 Å². The van der Waals surface area contributed by atoms with Crippen molar-refractivity contribution < 1.29 is 18.9 Å². The van der Waals surface area contributed by atoms with Crippen molar-refractivity contribution in [2.45, 2.75) is 12.3 Å². The van der Waals surface area contributed by atoms with Gasteiger partial charge >= 0.3 is 0 Å². The Morgan fingerprint density at radius 2 is 1.67 bits per heavy atom. The van der Waals surface area contributed by atoms with Crippen molar-refractivity contribution in [2.75, 3.05) is 28.4 Å². The molecule has 0 aliphatic carbocycles. The van der Waals surface area contributed by atoms with Gasteiger partial charge in [0.25, 0.3) is 0 Å². The predicted octanol–water partition coefficient (Wildman–Crippen LogP) is 2.08. The number of ether oxygens (including phenoxy) is 4. The molecule has 0 radical (unpaired) electrons. The third-order valence-electron chi connectivity index (χ3n) is 2.63. The molecule has 0 fully saturated rings. The van der Waals surface area contributed by atoms with Gasteiger partial charge in [-0.2, -0.15) is 0 Å². The maximum Gasteiger partial charge on any atom is 0.176 e. The summed E-state index contributed by atoms with van der Waals surface area (Å²) in [5.74, 6) is 1.29. The van der Waals surface area contributed by atoms with E-state index in [0.29, 0.717) is 16.0 Å². The summed E-state index contributed by atoms with van der Waals surface area (Å²) in [5.41, 5.74) is 6.88. The van der Waals surface area contributed by atoms with Crippen molar-refractivity contribution in [3.8, 4) is 11.5 Å². The summed E-state index contributed by atoms with van der Waals surface area (Å²) in [4.78, 5) is 0. The molecule has 0 spiro atoms. The van der Waals surface area contributed by atoms with Gasteiger partial charge in [-0.3, -0.25) is 0 Å². The number of hydrogen-bond acceptors (Lipinski definition) is 5. The van der Waals surface area contributed by atoms with Gasteiger partial charge in [-0.25, -0.2) is 0 Å². The van der Waals surface area contributed by atoms with Crippen molar-refractivity contribution in [3.05, 3.63) is 22.2 Å². The molecule has 0 aliphatic rings. The molecule has 1 aromatic rings. The lowest BCUT2D eigenvalue weighted by atomic mass is 10.1. The number of halogens is 1. The normalized spacial score (nSPS) is 12.6. The molecule has 0 amide bonds. The molecule has 102 valence electrons. The maximum absolute atomic E-state index is 6.11. The quantitative estimate of drug-likeness (QED) is 0.813. The van der Waals surface area contributed by atoms with Crippen LogP contribution in [0.15, 0.2) is 16.6 Å². The molecular formula is C12H18BrNO4. The molecule has 0 heterocycles. The average molecular weight is 320 g/mol. The van der Waals surface area contributed by atoms with Crippen LogP contribution in [-0.4, -0.2) is 34.7 Å². The summed E-state index contributed by atoms with van der Waals surface area (Å²) in [6.07, 6.45) is -0.542. The van der Waals surface area contributed by atoms with E-state index in [9.17, 15) is 0 Å². The van der Waals surface area contributed by atoms with Gasteiger partial charge in [-0.1, -0.05) is 0 Å². The first-order valence-electron chi connectivity index (χ1n) is 5.32. The average Bonchev–Trinajstić information content (AvgIpc) is 2.39. The van der Waals surface area contributed by atoms with E-state index in [4.69, 9.17) is 24.7 Å². The molecule has 2 N–H and O–H groups in total. The van der Waals surface area contributed by atoms with Gasteiger partial charge in [0.15, 0.2) is 6.29 Å². The fourth-order valence-electron chi connectivity index (χ4n) is 1.72. The standard InChI is InChI=1S/C12H18BrNO4/c1-15-8-6-5-7(11(16-2)9(8)13)10(14)12(17-3)18-4/h5-6,10,12H,14H2,1-4H3. The monoisotopic (exact) mass is 319 g/mol. The van der Waals surface area contributed by atoms with Gasteiger partial charge in [0.05, 0.1) is 20.3 Å². The smallest absolute Gasteiger partial charge is 0.176 e. The van der Waals surface area contributed by atoms with Crippen LogP contribution < -0.4 is 15.2 Å². The Morgan fingerprint density at radius 3 is 2.11 bits per heavy atom. The Morgan fingerprint density at radius 1 is 1.06 bits per heavy atom. The number of nitrogens with two attached hydrogens (primary N) is 1. The Bertz CT molecular complexity index is 396. The lowest BCUT2D eigenvalue weighted by Gasteiger charge is -2.24. The Kier molecular flexibility index (Phi) is 5.87. The highest BCUT2D eigenvalue weighted by atomic mass is 79.9. The minimum Gasteiger partial charge on any atom is -0.495 e. The van der Waals surface area contributed by atoms with Crippen LogP contribution in [0.2, 0.25) is 0 Å². The van der Waals surface area contributed by atoms with E-state index >= 15 is 0 Å². The number of hydrogen-bond donors (Lipinski definition) is 1. The SMILES string of the molecule is COc1ccc(C(N)C(OC)OC)c(OC)c1Br. The Hall–Kier alpha value is -0.820. The molecule has 0 saturated heterocycles. The molecule has 1 unspecified atom stereocenters. The summed E-state index contributed by atoms with van der Waals surface area (Å²) in [6, 6.07) is 3.18. The maximum atomic E-state index is 6.11. The first-order chi connectivity index (χ1) is 8.60. The Labute approximate surface area is 115 Å². The molecule has 0 saturated carbocycles. The van der Waals surface area contributed by atoms with Crippen LogP contribution in [0.5, 0.6) is 11.5 Å². The molecule has 0 bridgehead atoms. The lowest BCUT2D eigenvalue weighted by molar-refractivity contribution is -0.117. The minimum absolute atomic E-state index is 0.461. The van der Waals surface area contributed by atoms with Crippen LogP contribution in [0.3, 0.4) is 0 Å². The molecular weight excluding hydrogens is 302 g/mol. The molecule has 0 aromatic heterocycles. The molecule has 1 atom stereocenters. The summed E-state index contributed by atoms with van der Waals surface area (Å²) in [5, 5.41) is 0. The fraction of sp³-hybridized carbons (Fsp3) is 0.500. The molecule has 18 heavy (non-hydrogen) atoms. The van der Waals surface area contributed by atoms with Gasteiger partial charge < -0.3 is 24.7 Å². The first kappa shape index (κ1) is 15.2. The summed E-state index contributed by atoms with van der Waals surface area (Å²) < 4.78 is 21.6. The zero-order valence-electron chi connectivity index (χ0n) is 10.9. The van der Waals surface area contributed by atoms with Crippen LogP contribution in [0.1, 0.15) is 11.6 Å². The van der Waals surface area contributed by atoms with E-state index in [1.54, 1.807) is 28.4 Å². The van der Waals surface area contributed by atoms with Gasteiger partial charge in [-0.15, -0.1) is 0 Å². The molecule has 6 heteroatoms. The summed E-state index contributed by atoms with van der Waals surface area (Å²) >= 11 is 3.43. The van der Waals surface area contributed by atoms with Gasteiger partial charge in [-0.05, 0) is 28.1 Å². The van der Waals surface area contributed by atoms with E-state index in [-0.39, 0.29) is 0 Å². The second-order valence-electron chi connectivity index (χ2n) is 3.57. The Balaban J connectivity index is 3.20. The second-order valence-corrected chi connectivity index (χ2v) is 4.36. The molecule has 0 aliphatic heterocycles. The topological polar surface area (TPSA) is 62.9 Å². The van der Waals surface area contributed by atoms with Crippen LogP contribution in [0.4, 0.5) is 0 Å². The summed E-state index contributed by atoms with van der Waals surface area (Å²) in [7, 11) is 6.24. The van der Waals surface area contributed by atoms with Gasteiger partial charge in [0.2, 0.25) is 0 Å². The highest BCUT2D eigenvalue weighted by molar-refractivity contribution is 9.10. The highest BCUT2D eigenvalue weighted by Gasteiger charge is 2.24. The van der Waals surface area contributed by atoms with E-state index in [2.05, 4.69) is 15.9 Å². The molecule has 1 aromatic carbocycles. The minimum atomic E-state index is -0.542. The van der Waals surface area contributed by atoms with Crippen LogP contribution in [0, 0.1) is 0 Å². The van der Waals surface area contributed by atoms with E-state index < -0.39 is 12.3 Å². The van der Waals surface area contributed by atoms with Crippen LogP contribution in [-0.2, 0) is 9.47 Å². The van der Waals surface area contributed by atoms with Crippen molar-refractivity contribution in [1.29, 1.82) is 0 Å². The molecule has 1 rings (SSSR count). The van der Waals surface area contributed by atoms with E-state index in [0.717, 1.165) is 5.56 Å². The largest absolute Gasteiger partial charge is 0.495 e. The van der Waals surface area contributed by atoms with Gasteiger partial charge in [0, 0.05) is 19.8 Å². The lowest BCUT2D eigenvalue weighted by Crippen LogP contribution is -2.30. The van der Waals surface area contributed by atoms with E-state index in [1.165, 1.54) is 0 Å². The van der Waals surface area contributed by atoms with Crippen molar-refractivity contribution >= 4 is 15.9 Å². The number of benzene rings is 1. The third-order valence-corrected chi connectivity index (χ3v) is 3.38. The second kappa shape index (κ2) is 6.94. The number of rotatable bonds is 6. The van der Waals surface area contributed by atoms with Crippen molar-refractivity contribution in [2.24, 2.45) is 5.73 Å². The number of methoxy groups -OCH3 is 4. The van der Waals surface area contributed by atoms with Gasteiger partial charge in [0.1, 0.15) is 16.0 Å². The zero-order chi connectivity index (χ0) is 13.7. The predicted molar refractivity (Wildman–Crippen MR) is 72.0 cm³/mol.